The summed E-state index contributed by atoms with van der Waals surface area (Å²) in [5, 5.41) is 10.7. The van der Waals surface area contributed by atoms with E-state index in [1.165, 1.54) is 0 Å². The predicted octanol–water partition coefficient (Wildman–Crippen LogP) is -0.991. The maximum Gasteiger partial charge on any atom is 0.320 e. The summed E-state index contributed by atoms with van der Waals surface area (Å²) in [5.74, 6) is -1.03. The lowest BCUT2D eigenvalue weighted by Crippen LogP contribution is -2.33. The van der Waals surface area contributed by atoms with Crippen molar-refractivity contribution < 1.29 is 14.7 Å². The van der Waals surface area contributed by atoms with E-state index in [0.717, 1.165) is 0 Å². The summed E-state index contributed by atoms with van der Waals surface area (Å²) in [5.41, 5.74) is 9.96. The van der Waals surface area contributed by atoms with E-state index in [1.807, 2.05) is 0 Å². The minimum absolute atomic E-state index is 0. The Balaban J connectivity index is 0. The molecule has 78 valence electrons. The highest BCUT2D eigenvalue weighted by Crippen LogP contribution is 1.92. The average Bonchev–Trinajstić information content (AvgIpc) is 1.97. The number of urea groups is 1. The Bertz CT molecular complexity index is 173. The van der Waals surface area contributed by atoms with Crippen LogP contribution in [-0.4, -0.2) is 29.7 Å². The fourth-order valence-corrected chi connectivity index (χ4v) is 0.657. The van der Waals surface area contributed by atoms with Crippen molar-refractivity contribution in [2.75, 3.05) is 6.54 Å². The maximum atomic E-state index is 10.2. The molecule has 0 unspecified atom stereocenters. The van der Waals surface area contributed by atoms with Crippen molar-refractivity contribution in [1.29, 1.82) is 0 Å². The van der Waals surface area contributed by atoms with Crippen LogP contribution in [0.4, 0.5) is 4.79 Å². The van der Waals surface area contributed by atoms with Crippen LogP contribution in [0.1, 0.15) is 12.8 Å². The highest BCUT2D eigenvalue weighted by molar-refractivity contribution is 5.73. The first-order valence-corrected chi connectivity index (χ1v) is 3.55. The largest absolute Gasteiger partial charge is 0.480 e. The van der Waals surface area contributed by atoms with Crippen LogP contribution in [0, 0.1) is 0 Å². The first-order valence-electron chi connectivity index (χ1n) is 3.55. The van der Waals surface area contributed by atoms with Crippen LogP contribution in [0.2, 0.25) is 0 Å². The van der Waals surface area contributed by atoms with Crippen LogP contribution in [0.3, 0.4) is 0 Å². The van der Waals surface area contributed by atoms with E-state index >= 15 is 0 Å². The number of amides is 2. The van der Waals surface area contributed by atoms with E-state index in [9.17, 15) is 9.59 Å². The molecule has 0 aliphatic heterocycles. The van der Waals surface area contributed by atoms with E-state index in [4.69, 9.17) is 16.6 Å². The molecule has 0 fully saturated rings. The Kier molecular flexibility index (Phi) is 7.99. The SMILES string of the molecule is N.NC(=O)NCCC[C@H](N)C(=O)O. The molecule has 0 saturated carbocycles. The zero-order valence-corrected chi connectivity index (χ0v) is 7.32. The Morgan fingerprint density at radius 1 is 1.46 bits per heavy atom. The van der Waals surface area contributed by atoms with Crippen molar-refractivity contribution >= 4 is 12.0 Å². The summed E-state index contributed by atoms with van der Waals surface area (Å²) >= 11 is 0. The lowest BCUT2D eigenvalue weighted by molar-refractivity contribution is -0.138. The second kappa shape index (κ2) is 7.32. The van der Waals surface area contributed by atoms with E-state index < -0.39 is 18.0 Å². The van der Waals surface area contributed by atoms with Crippen LogP contribution in [-0.2, 0) is 4.79 Å². The van der Waals surface area contributed by atoms with E-state index in [2.05, 4.69) is 5.32 Å². The number of nitrogens with one attached hydrogen (secondary N) is 1. The lowest BCUT2D eigenvalue weighted by Gasteiger charge is -2.05. The molecule has 0 rings (SSSR count). The number of nitrogens with two attached hydrogens (primary N) is 2. The second-order valence-electron chi connectivity index (χ2n) is 2.38. The number of carbonyl (C=O) groups is 2. The Labute approximate surface area is 76.0 Å². The van der Waals surface area contributed by atoms with Crippen molar-refractivity contribution in [2.45, 2.75) is 18.9 Å². The van der Waals surface area contributed by atoms with Crippen LogP contribution in [0.25, 0.3) is 0 Å². The van der Waals surface area contributed by atoms with Gasteiger partial charge in [-0.3, -0.25) is 4.79 Å². The summed E-state index contributed by atoms with van der Waals surface area (Å²) in [6.07, 6.45) is 0.839. The molecule has 7 nitrogen and oxygen atoms in total. The molecule has 7 heteroatoms. The number of hydrogen-bond acceptors (Lipinski definition) is 4. The van der Waals surface area contributed by atoms with Crippen LogP contribution >= 0.6 is 0 Å². The van der Waals surface area contributed by atoms with Gasteiger partial charge < -0.3 is 28.0 Å². The van der Waals surface area contributed by atoms with Crippen molar-refractivity contribution in [1.82, 2.24) is 11.5 Å². The van der Waals surface area contributed by atoms with Crippen molar-refractivity contribution in [3.05, 3.63) is 0 Å². The third-order valence-electron chi connectivity index (χ3n) is 1.31. The Hall–Kier alpha value is -1.34. The molecule has 0 aromatic heterocycles. The van der Waals surface area contributed by atoms with Crippen LogP contribution in [0.5, 0.6) is 0 Å². The van der Waals surface area contributed by atoms with E-state index in [0.29, 0.717) is 19.4 Å². The number of primary amides is 1. The number of rotatable bonds is 5. The minimum atomic E-state index is -1.03. The van der Waals surface area contributed by atoms with Gasteiger partial charge in [0, 0.05) is 6.54 Å². The van der Waals surface area contributed by atoms with E-state index in [-0.39, 0.29) is 6.15 Å². The molecular formula is C6H16N4O3. The molecule has 13 heavy (non-hydrogen) atoms. The molecule has 0 bridgehead atoms. The third-order valence-corrected chi connectivity index (χ3v) is 1.31. The number of carboxylic acid groups (broad SMARTS) is 1. The maximum absolute atomic E-state index is 10.2. The van der Waals surface area contributed by atoms with Crippen molar-refractivity contribution in [2.24, 2.45) is 11.5 Å². The standard InChI is InChI=1S/C6H13N3O3.H3N/c7-4(5(10)11)2-1-3-9-6(8)12;/h4H,1-3,7H2,(H,10,11)(H3,8,9,12);1H3/t4-;/m0./s1. The van der Waals surface area contributed by atoms with Gasteiger partial charge in [0.15, 0.2) is 0 Å². The molecule has 2 amide bonds. The zero-order valence-electron chi connectivity index (χ0n) is 7.32. The molecule has 9 N–H and O–H groups in total. The monoisotopic (exact) mass is 192 g/mol. The van der Waals surface area contributed by atoms with Gasteiger partial charge in [0.05, 0.1) is 0 Å². The molecule has 0 aromatic rings. The summed E-state index contributed by atoms with van der Waals surface area (Å²) < 4.78 is 0. The molecule has 0 spiro atoms. The molecule has 0 aliphatic carbocycles. The predicted molar refractivity (Wildman–Crippen MR) is 47.5 cm³/mol. The third kappa shape index (κ3) is 8.57. The zero-order chi connectivity index (χ0) is 9.56. The lowest BCUT2D eigenvalue weighted by atomic mass is 10.2. The fourth-order valence-electron chi connectivity index (χ4n) is 0.657. The van der Waals surface area contributed by atoms with Gasteiger partial charge in [0.1, 0.15) is 6.04 Å². The van der Waals surface area contributed by atoms with Gasteiger partial charge in [-0.05, 0) is 12.8 Å². The van der Waals surface area contributed by atoms with Crippen molar-refractivity contribution in [3.63, 3.8) is 0 Å². The number of aliphatic carboxylic acids is 1. The Morgan fingerprint density at radius 3 is 2.38 bits per heavy atom. The highest BCUT2D eigenvalue weighted by atomic mass is 16.4. The molecule has 0 aromatic carbocycles. The normalized spacial score (nSPS) is 11.2. The summed E-state index contributed by atoms with van der Waals surface area (Å²) in [4.78, 5) is 20.3. The minimum Gasteiger partial charge on any atom is -0.480 e. The van der Waals surface area contributed by atoms with E-state index in [1.54, 1.807) is 0 Å². The number of carboxylic acids is 1. The molecule has 0 radical (unpaired) electrons. The van der Waals surface area contributed by atoms with Crippen LogP contribution < -0.4 is 22.9 Å². The topological polar surface area (TPSA) is 153 Å². The second-order valence-corrected chi connectivity index (χ2v) is 2.38. The van der Waals surface area contributed by atoms with Crippen LogP contribution in [0.15, 0.2) is 0 Å². The van der Waals surface area contributed by atoms with Gasteiger partial charge in [0.2, 0.25) is 0 Å². The summed E-state index contributed by atoms with van der Waals surface area (Å²) in [6, 6.07) is -1.47. The van der Waals surface area contributed by atoms with Gasteiger partial charge in [-0.15, -0.1) is 0 Å². The molecule has 1 atom stereocenters. The molecule has 0 saturated heterocycles. The quantitative estimate of drug-likeness (QED) is 0.354. The number of hydrogen-bond donors (Lipinski definition) is 5. The Morgan fingerprint density at radius 2 is 2.00 bits per heavy atom. The number of carbonyl (C=O) groups excluding carboxylic acids is 1. The highest BCUT2D eigenvalue weighted by Gasteiger charge is 2.09. The first kappa shape index (κ1) is 14.2. The van der Waals surface area contributed by atoms with Gasteiger partial charge in [-0.1, -0.05) is 0 Å². The molecule has 0 heterocycles. The molecular weight excluding hydrogens is 176 g/mol. The van der Waals surface area contributed by atoms with Crippen molar-refractivity contribution in [3.8, 4) is 0 Å². The van der Waals surface area contributed by atoms with Gasteiger partial charge in [0.25, 0.3) is 0 Å². The summed E-state index contributed by atoms with van der Waals surface area (Å²) in [6.45, 7) is 0.357. The van der Waals surface area contributed by atoms with Gasteiger partial charge in [-0.25, -0.2) is 4.79 Å². The molecule has 0 aliphatic rings. The fraction of sp³-hybridized carbons (Fsp3) is 0.667. The van der Waals surface area contributed by atoms with Gasteiger partial charge in [-0.2, -0.15) is 0 Å². The smallest absolute Gasteiger partial charge is 0.320 e. The van der Waals surface area contributed by atoms with Gasteiger partial charge >= 0.3 is 12.0 Å². The first-order chi connectivity index (χ1) is 5.54. The summed E-state index contributed by atoms with van der Waals surface area (Å²) in [7, 11) is 0. The average molecular weight is 192 g/mol.